The van der Waals surface area contributed by atoms with Crippen molar-refractivity contribution in [1.29, 1.82) is 0 Å². The smallest absolute Gasteiger partial charge is 0.366 e. The van der Waals surface area contributed by atoms with Crippen molar-refractivity contribution in [1.82, 2.24) is 0 Å². The molecule has 2 rings (SSSR count). The van der Waals surface area contributed by atoms with Crippen LogP contribution in [0, 0.1) is 5.92 Å². The Labute approximate surface area is 94.0 Å². The molecule has 4 nitrogen and oxygen atoms in total. The number of carbonyl (C=O) groups is 1. The molecule has 0 fully saturated rings. The summed E-state index contributed by atoms with van der Waals surface area (Å²) in [5.74, 6) is 0.0735. The number of ether oxygens (including phenoxy) is 2. The van der Waals surface area contributed by atoms with E-state index in [9.17, 15) is 4.79 Å². The van der Waals surface area contributed by atoms with E-state index in [0.29, 0.717) is 12.5 Å². The average molecular weight is 219 g/mol. The Kier molecular flexibility index (Phi) is 3.19. The summed E-state index contributed by atoms with van der Waals surface area (Å²) in [5.41, 5.74) is 0.236. The van der Waals surface area contributed by atoms with E-state index < -0.39 is 5.97 Å². The van der Waals surface area contributed by atoms with E-state index in [1.54, 1.807) is 0 Å². The van der Waals surface area contributed by atoms with Crippen LogP contribution in [0.2, 0.25) is 0 Å². The molecule has 4 heteroatoms. The van der Waals surface area contributed by atoms with Gasteiger partial charge in [0.2, 0.25) is 5.90 Å². The summed E-state index contributed by atoms with van der Waals surface area (Å²) in [6.07, 6.45) is 10.0. The molecule has 0 amide bonds. The van der Waals surface area contributed by atoms with E-state index in [0.717, 1.165) is 6.42 Å². The quantitative estimate of drug-likeness (QED) is 0.414. The minimum Gasteiger partial charge on any atom is -0.499 e. The van der Waals surface area contributed by atoms with E-state index >= 15 is 0 Å². The molecule has 0 bridgehead atoms. The lowest BCUT2D eigenvalue weighted by molar-refractivity contribution is -0.130. The van der Waals surface area contributed by atoms with Gasteiger partial charge in [-0.3, -0.25) is 0 Å². The molecule has 1 unspecified atom stereocenters. The highest BCUT2D eigenvalue weighted by atomic mass is 16.6. The van der Waals surface area contributed by atoms with Gasteiger partial charge in [-0.1, -0.05) is 24.3 Å². The van der Waals surface area contributed by atoms with Gasteiger partial charge in [0.25, 0.3) is 0 Å². The molecule has 1 heterocycles. The highest BCUT2D eigenvalue weighted by Gasteiger charge is 2.28. The predicted octanol–water partition coefficient (Wildman–Crippen LogP) is 1.95. The molecule has 1 aliphatic heterocycles. The molecule has 0 saturated carbocycles. The number of rotatable bonds is 3. The summed E-state index contributed by atoms with van der Waals surface area (Å²) in [5, 5.41) is 0. The van der Waals surface area contributed by atoms with Crippen molar-refractivity contribution in [2.24, 2.45) is 10.9 Å². The topological polar surface area (TPSA) is 47.9 Å². The van der Waals surface area contributed by atoms with Crippen molar-refractivity contribution in [3.8, 4) is 0 Å². The van der Waals surface area contributed by atoms with Gasteiger partial charge in [-0.05, 0) is 13.3 Å². The molecule has 0 spiro atoms. The van der Waals surface area contributed by atoms with Crippen LogP contribution in [0.15, 0.2) is 41.3 Å². The number of nitrogens with zero attached hydrogens (tertiary/aromatic N) is 1. The second-order valence-electron chi connectivity index (χ2n) is 3.45. The summed E-state index contributed by atoms with van der Waals surface area (Å²) in [7, 11) is 0. The van der Waals surface area contributed by atoms with Crippen molar-refractivity contribution < 1.29 is 14.3 Å². The maximum atomic E-state index is 11.4. The van der Waals surface area contributed by atoms with Gasteiger partial charge in [-0.15, -0.1) is 0 Å². The second-order valence-corrected chi connectivity index (χ2v) is 3.45. The fraction of sp³-hybridized carbons (Fsp3) is 0.333. The number of cyclic esters (lactones) is 1. The number of allylic oxidation sites excluding steroid dienone is 3. The van der Waals surface area contributed by atoms with Crippen molar-refractivity contribution in [3.05, 3.63) is 36.3 Å². The van der Waals surface area contributed by atoms with Gasteiger partial charge in [0.15, 0.2) is 5.70 Å². The van der Waals surface area contributed by atoms with Crippen LogP contribution in [0.5, 0.6) is 0 Å². The fourth-order valence-electron chi connectivity index (χ4n) is 1.49. The van der Waals surface area contributed by atoms with Crippen LogP contribution in [0.25, 0.3) is 0 Å². The number of esters is 1. The standard InChI is InChI=1S/C12H13NO3/c1-2-15-8-10-12(14)16-11(13-10)9-6-4-3-5-7-9/h3-6,8-9H,2,7H2,1H3/b10-8-. The first kappa shape index (κ1) is 10.7. The molecule has 0 N–H and O–H groups in total. The first-order valence-corrected chi connectivity index (χ1v) is 5.27. The maximum Gasteiger partial charge on any atom is 0.366 e. The Morgan fingerprint density at radius 3 is 3.19 bits per heavy atom. The van der Waals surface area contributed by atoms with Crippen LogP contribution < -0.4 is 0 Å². The third-order valence-electron chi connectivity index (χ3n) is 2.30. The molecule has 16 heavy (non-hydrogen) atoms. The maximum absolute atomic E-state index is 11.4. The van der Waals surface area contributed by atoms with Gasteiger partial charge >= 0.3 is 5.97 Å². The minimum absolute atomic E-state index is 0.0569. The van der Waals surface area contributed by atoms with Gasteiger partial charge < -0.3 is 9.47 Å². The Morgan fingerprint density at radius 2 is 2.50 bits per heavy atom. The monoisotopic (exact) mass is 219 g/mol. The summed E-state index contributed by atoms with van der Waals surface area (Å²) in [4.78, 5) is 15.5. The number of aliphatic imine (C=N–C) groups is 1. The van der Waals surface area contributed by atoms with Gasteiger partial charge in [0.05, 0.1) is 12.5 Å². The Hall–Kier alpha value is -1.84. The highest BCUT2D eigenvalue weighted by molar-refractivity contribution is 6.05. The summed E-state index contributed by atoms with van der Waals surface area (Å²) >= 11 is 0. The minimum atomic E-state index is -0.439. The van der Waals surface area contributed by atoms with Gasteiger partial charge in [0, 0.05) is 0 Å². The average Bonchev–Trinajstić information content (AvgIpc) is 2.69. The summed E-state index contributed by atoms with van der Waals surface area (Å²) in [6.45, 7) is 2.35. The normalized spacial score (nSPS) is 25.8. The van der Waals surface area contributed by atoms with E-state index in [-0.39, 0.29) is 11.6 Å². The van der Waals surface area contributed by atoms with Crippen LogP contribution in [0.4, 0.5) is 0 Å². The lowest BCUT2D eigenvalue weighted by Gasteiger charge is -2.10. The van der Waals surface area contributed by atoms with Gasteiger partial charge in [-0.25, -0.2) is 9.79 Å². The third-order valence-corrected chi connectivity index (χ3v) is 2.30. The van der Waals surface area contributed by atoms with Crippen molar-refractivity contribution in [3.63, 3.8) is 0 Å². The molecule has 0 aromatic heterocycles. The Balaban J connectivity index is 2.10. The van der Waals surface area contributed by atoms with E-state index in [1.807, 2.05) is 31.2 Å². The van der Waals surface area contributed by atoms with E-state index in [1.165, 1.54) is 6.26 Å². The van der Waals surface area contributed by atoms with Crippen LogP contribution in [-0.2, 0) is 14.3 Å². The molecule has 1 aliphatic carbocycles. The van der Waals surface area contributed by atoms with Crippen molar-refractivity contribution in [2.45, 2.75) is 13.3 Å². The fourth-order valence-corrected chi connectivity index (χ4v) is 1.49. The predicted molar refractivity (Wildman–Crippen MR) is 59.6 cm³/mol. The highest BCUT2D eigenvalue weighted by Crippen LogP contribution is 2.21. The number of hydrogen-bond donors (Lipinski definition) is 0. The summed E-state index contributed by atoms with van der Waals surface area (Å²) < 4.78 is 10.1. The third kappa shape index (κ3) is 2.21. The number of carbonyl (C=O) groups excluding carboxylic acids is 1. The molecular formula is C12H13NO3. The molecule has 0 aromatic carbocycles. The first-order chi connectivity index (χ1) is 7.81. The molecule has 0 aromatic rings. The lowest BCUT2D eigenvalue weighted by Crippen LogP contribution is -2.14. The lowest BCUT2D eigenvalue weighted by atomic mass is 10.0. The molecular weight excluding hydrogens is 206 g/mol. The zero-order chi connectivity index (χ0) is 11.4. The zero-order valence-corrected chi connectivity index (χ0v) is 9.05. The molecule has 84 valence electrons. The van der Waals surface area contributed by atoms with Gasteiger partial charge in [0.1, 0.15) is 6.26 Å². The SMILES string of the molecule is CCO/C=C1\N=C(C2C=CC=CC2)OC1=O. The number of hydrogen-bond acceptors (Lipinski definition) is 4. The first-order valence-electron chi connectivity index (χ1n) is 5.27. The zero-order valence-electron chi connectivity index (χ0n) is 9.05. The van der Waals surface area contributed by atoms with Crippen molar-refractivity contribution in [2.75, 3.05) is 6.61 Å². The van der Waals surface area contributed by atoms with Crippen LogP contribution in [0.1, 0.15) is 13.3 Å². The van der Waals surface area contributed by atoms with Crippen LogP contribution >= 0.6 is 0 Å². The second kappa shape index (κ2) is 4.79. The summed E-state index contributed by atoms with van der Waals surface area (Å²) in [6, 6.07) is 0. The Morgan fingerprint density at radius 1 is 1.62 bits per heavy atom. The van der Waals surface area contributed by atoms with Crippen LogP contribution in [0.3, 0.4) is 0 Å². The van der Waals surface area contributed by atoms with Crippen LogP contribution in [-0.4, -0.2) is 18.5 Å². The molecule has 0 radical (unpaired) electrons. The van der Waals surface area contributed by atoms with Gasteiger partial charge in [-0.2, -0.15) is 0 Å². The largest absolute Gasteiger partial charge is 0.499 e. The van der Waals surface area contributed by atoms with E-state index in [2.05, 4.69) is 4.99 Å². The molecule has 0 saturated heterocycles. The molecule has 1 atom stereocenters. The van der Waals surface area contributed by atoms with Crippen molar-refractivity contribution >= 4 is 11.9 Å². The Bertz CT molecular complexity index is 404. The molecule has 2 aliphatic rings. The van der Waals surface area contributed by atoms with E-state index in [4.69, 9.17) is 9.47 Å².